The van der Waals surface area contributed by atoms with Gasteiger partial charge in [0.25, 0.3) is 0 Å². The first-order valence-electron chi connectivity index (χ1n) is 10.3. The van der Waals surface area contributed by atoms with Gasteiger partial charge in [-0.25, -0.2) is 13.8 Å². The van der Waals surface area contributed by atoms with Crippen molar-refractivity contribution in [3.8, 4) is 0 Å². The van der Waals surface area contributed by atoms with E-state index in [9.17, 15) is 13.6 Å². The Bertz CT molecular complexity index is 992. The molecule has 1 unspecified atom stereocenters. The summed E-state index contributed by atoms with van der Waals surface area (Å²) in [4.78, 5) is 23.1. The summed E-state index contributed by atoms with van der Waals surface area (Å²) in [6.07, 6.45) is 3.74. The van der Waals surface area contributed by atoms with Gasteiger partial charge in [0.15, 0.2) is 5.82 Å². The number of hydrogen-bond acceptors (Lipinski definition) is 6. The Morgan fingerprint density at radius 2 is 1.90 bits per heavy atom. The second kappa shape index (κ2) is 7.39. The molecule has 7 nitrogen and oxygen atoms in total. The molecule has 0 saturated carbocycles. The van der Waals surface area contributed by atoms with Crippen LogP contribution in [0, 0.1) is 11.6 Å². The maximum Gasteiger partial charge on any atom is 0.247 e. The number of rotatable bonds is 3. The standard InChI is InChI=1S/C21H24F2N6O/c22-14-10-19(15(23)9-16(14)24)28-6-4-27(5-7-28)12-13-8-17-20(25-11-13)29-3-1-2-18(29)21(30)26-17/h8-11,18H,1-7,12,24H2,(H,26,30). The fourth-order valence-corrected chi connectivity index (χ4v) is 4.62. The van der Waals surface area contributed by atoms with Crippen molar-refractivity contribution in [3.63, 3.8) is 0 Å². The molecule has 0 spiro atoms. The van der Waals surface area contributed by atoms with Crippen molar-refractivity contribution in [2.75, 3.05) is 53.6 Å². The van der Waals surface area contributed by atoms with Crippen LogP contribution < -0.4 is 20.9 Å². The summed E-state index contributed by atoms with van der Waals surface area (Å²) in [5, 5.41) is 3.00. The van der Waals surface area contributed by atoms with Gasteiger partial charge in [0.05, 0.1) is 17.1 Å². The molecule has 0 bridgehead atoms. The van der Waals surface area contributed by atoms with E-state index in [0.717, 1.165) is 42.5 Å². The first-order valence-corrected chi connectivity index (χ1v) is 10.3. The predicted octanol–water partition coefficient (Wildman–Crippen LogP) is 2.19. The van der Waals surface area contributed by atoms with Crippen LogP contribution in [0.15, 0.2) is 24.4 Å². The summed E-state index contributed by atoms with van der Waals surface area (Å²) in [7, 11) is 0. The molecule has 1 aromatic heterocycles. The zero-order valence-corrected chi connectivity index (χ0v) is 16.6. The number of carbonyl (C=O) groups excluding carboxylic acids is 1. The molecule has 3 aliphatic rings. The van der Waals surface area contributed by atoms with E-state index in [-0.39, 0.29) is 23.3 Å². The zero-order chi connectivity index (χ0) is 20.8. The SMILES string of the molecule is Nc1cc(F)c(N2CCN(Cc3cnc4c(c3)NC(=O)C3CCCN43)CC2)cc1F. The monoisotopic (exact) mass is 414 g/mol. The number of carbonyl (C=O) groups is 1. The highest BCUT2D eigenvalue weighted by atomic mass is 19.1. The van der Waals surface area contributed by atoms with Crippen molar-refractivity contribution in [2.45, 2.75) is 25.4 Å². The lowest BCUT2D eigenvalue weighted by Gasteiger charge is -2.36. The fraction of sp³-hybridized carbons (Fsp3) is 0.429. The van der Waals surface area contributed by atoms with Crippen LogP contribution in [0.5, 0.6) is 0 Å². The van der Waals surface area contributed by atoms with Crippen molar-refractivity contribution >= 4 is 28.8 Å². The molecule has 2 saturated heterocycles. The molecule has 0 aliphatic carbocycles. The van der Waals surface area contributed by atoms with E-state index < -0.39 is 11.6 Å². The first-order chi connectivity index (χ1) is 14.5. The molecule has 4 heterocycles. The molecule has 5 rings (SSSR count). The summed E-state index contributed by atoms with van der Waals surface area (Å²) >= 11 is 0. The smallest absolute Gasteiger partial charge is 0.247 e. The molecule has 158 valence electrons. The van der Waals surface area contributed by atoms with Crippen molar-refractivity contribution < 1.29 is 13.6 Å². The Morgan fingerprint density at radius 1 is 1.10 bits per heavy atom. The van der Waals surface area contributed by atoms with Crippen molar-refractivity contribution in [2.24, 2.45) is 0 Å². The second-order valence-electron chi connectivity index (χ2n) is 8.14. The van der Waals surface area contributed by atoms with Gasteiger partial charge in [0.2, 0.25) is 5.91 Å². The average molecular weight is 414 g/mol. The molecule has 30 heavy (non-hydrogen) atoms. The topological polar surface area (TPSA) is 77.7 Å². The Hall–Kier alpha value is -2.94. The van der Waals surface area contributed by atoms with Crippen molar-refractivity contribution in [3.05, 3.63) is 41.6 Å². The molecule has 2 aromatic rings. The van der Waals surface area contributed by atoms with E-state index in [1.54, 1.807) is 0 Å². The lowest BCUT2D eigenvalue weighted by Crippen LogP contribution is -2.46. The Labute approximate surface area is 173 Å². The van der Waals surface area contributed by atoms with Gasteiger partial charge in [-0.05, 0) is 24.5 Å². The van der Waals surface area contributed by atoms with E-state index in [4.69, 9.17) is 5.73 Å². The minimum Gasteiger partial charge on any atom is -0.396 e. The van der Waals surface area contributed by atoms with Crippen LogP contribution in [0.1, 0.15) is 18.4 Å². The number of amides is 1. The van der Waals surface area contributed by atoms with Gasteiger partial charge in [-0.15, -0.1) is 0 Å². The van der Waals surface area contributed by atoms with Crippen LogP contribution >= 0.6 is 0 Å². The molecule has 3 aliphatic heterocycles. The van der Waals surface area contributed by atoms with Gasteiger partial charge in [-0.1, -0.05) is 0 Å². The van der Waals surface area contributed by atoms with Gasteiger partial charge < -0.3 is 20.9 Å². The number of nitrogens with zero attached hydrogens (tertiary/aromatic N) is 4. The number of halogens is 2. The van der Waals surface area contributed by atoms with Crippen LogP contribution in [-0.4, -0.2) is 54.6 Å². The molecule has 3 N–H and O–H groups in total. The van der Waals surface area contributed by atoms with E-state index in [2.05, 4.69) is 20.1 Å². The molecule has 1 aromatic carbocycles. The summed E-state index contributed by atoms with van der Waals surface area (Å²) in [6.45, 7) is 4.15. The number of nitrogens with one attached hydrogen (secondary N) is 1. The predicted molar refractivity (Wildman–Crippen MR) is 111 cm³/mol. The quantitative estimate of drug-likeness (QED) is 0.750. The van der Waals surface area contributed by atoms with Crippen molar-refractivity contribution in [1.29, 1.82) is 0 Å². The van der Waals surface area contributed by atoms with Crippen LogP contribution in [0.3, 0.4) is 0 Å². The zero-order valence-electron chi connectivity index (χ0n) is 16.6. The lowest BCUT2D eigenvalue weighted by molar-refractivity contribution is -0.117. The fourth-order valence-electron chi connectivity index (χ4n) is 4.62. The molecule has 0 radical (unpaired) electrons. The number of fused-ring (bicyclic) bond motifs is 3. The maximum atomic E-state index is 14.2. The summed E-state index contributed by atoms with van der Waals surface area (Å²) < 4.78 is 28.0. The Kier molecular flexibility index (Phi) is 4.69. The lowest BCUT2D eigenvalue weighted by atomic mass is 10.1. The number of anilines is 4. The van der Waals surface area contributed by atoms with Crippen LogP contribution in [-0.2, 0) is 11.3 Å². The molecule has 1 amide bonds. The number of aromatic nitrogens is 1. The van der Waals surface area contributed by atoms with Gasteiger partial charge >= 0.3 is 0 Å². The third-order valence-electron chi connectivity index (χ3n) is 6.19. The van der Waals surface area contributed by atoms with Crippen LogP contribution in [0.2, 0.25) is 0 Å². The van der Waals surface area contributed by atoms with Gasteiger partial charge in [0, 0.05) is 57.6 Å². The van der Waals surface area contributed by atoms with E-state index in [1.807, 2.05) is 17.2 Å². The highest BCUT2D eigenvalue weighted by Crippen LogP contribution is 2.35. The first kappa shape index (κ1) is 19.0. The third-order valence-corrected chi connectivity index (χ3v) is 6.19. The van der Waals surface area contributed by atoms with Crippen LogP contribution in [0.25, 0.3) is 0 Å². The summed E-state index contributed by atoms with van der Waals surface area (Å²) in [5.41, 5.74) is 7.30. The number of piperazine rings is 1. The molecular formula is C21H24F2N6O. The van der Waals surface area contributed by atoms with E-state index in [1.165, 1.54) is 6.07 Å². The Morgan fingerprint density at radius 3 is 2.70 bits per heavy atom. The van der Waals surface area contributed by atoms with E-state index >= 15 is 0 Å². The number of pyridine rings is 1. The molecule has 9 heteroatoms. The van der Waals surface area contributed by atoms with E-state index in [0.29, 0.717) is 32.7 Å². The minimum absolute atomic E-state index is 0.0466. The number of hydrogen-bond donors (Lipinski definition) is 2. The molecule has 1 atom stereocenters. The van der Waals surface area contributed by atoms with Crippen LogP contribution in [0.4, 0.5) is 31.7 Å². The number of nitrogens with two attached hydrogens (primary N) is 1. The maximum absolute atomic E-state index is 14.2. The molecular weight excluding hydrogens is 390 g/mol. The highest BCUT2D eigenvalue weighted by Gasteiger charge is 2.37. The van der Waals surface area contributed by atoms with Gasteiger partial charge in [0.1, 0.15) is 17.7 Å². The number of nitrogen functional groups attached to an aromatic ring is 1. The summed E-state index contributed by atoms with van der Waals surface area (Å²) in [6, 6.07) is 4.11. The van der Waals surface area contributed by atoms with Gasteiger partial charge in [-0.3, -0.25) is 9.69 Å². The largest absolute Gasteiger partial charge is 0.396 e. The van der Waals surface area contributed by atoms with Crippen molar-refractivity contribution in [1.82, 2.24) is 9.88 Å². The van der Waals surface area contributed by atoms with Gasteiger partial charge in [-0.2, -0.15) is 0 Å². The number of benzene rings is 1. The highest BCUT2D eigenvalue weighted by molar-refractivity contribution is 6.03. The summed E-state index contributed by atoms with van der Waals surface area (Å²) in [5.74, 6) is -0.203. The third kappa shape index (κ3) is 3.32. The molecule has 2 fully saturated rings. The second-order valence-corrected chi connectivity index (χ2v) is 8.14. The normalized spacial score (nSPS) is 21.4. The average Bonchev–Trinajstić information content (AvgIpc) is 3.22. The Balaban J connectivity index is 1.25. The minimum atomic E-state index is -0.601.